The second kappa shape index (κ2) is 20.7. The van der Waals surface area contributed by atoms with Crippen LogP contribution in [0.3, 0.4) is 0 Å². The van der Waals surface area contributed by atoms with Gasteiger partial charge in [-0.15, -0.1) is 0 Å². The molecule has 0 atom stereocenters. The summed E-state index contributed by atoms with van der Waals surface area (Å²) in [7, 11) is 0. The van der Waals surface area contributed by atoms with E-state index in [9.17, 15) is 0 Å². The summed E-state index contributed by atoms with van der Waals surface area (Å²) >= 11 is 0. The molecule has 6 heterocycles. The molecule has 0 unspecified atom stereocenters. The molecule has 0 bridgehead atoms. The van der Waals surface area contributed by atoms with Crippen molar-refractivity contribution in [2.24, 2.45) is 0 Å². The van der Waals surface area contributed by atoms with E-state index in [1.165, 1.54) is 87.6 Å². The Hall–Kier alpha value is -11.3. The van der Waals surface area contributed by atoms with Crippen molar-refractivity contribution in [3.05, 3.63) is 286 Å². The fourth-order valence-corrected chi connectivity index (χ4v) is 13.6. The van der Waals surface area contributed by atoms with Gasteiger partial charge in [-0.1, -0.05) is 111 Å². The van der Waals surface area contributed by atoms with Crippen LogP contribution in [0.25, 0.3) is 142 Å². The molecule has 8 nitrogen and oxygen atoms in total. The maximum absolute atomic E-state index is 7.91. The predicted octanol–water partition coefficient (Wildman–Crippen LogP) is 21.5. The maximum atomic E-state index is 7.91. The zero-order valence-electron chi connectivity index (χ0n) is 50.4. The van der Waals surface area contributed by atoms with Gasteiger partial charge in [-0.05, 0) is 188 Å². The minimum absolute atomic E-state index is 0.604. The number of aromatic nitrogens is 6. The first-order chi connectivity index (χ1) is 42.8. The van der Waals surface area contributed by atoms with Crippen molar-refractivity contribution in [2.45, 2.75) is 55.4 Å². The zero-order chi connectivity index (χ0) is 60.2. The van der Waals surface area contributed by atoms with Crippen LogP contribution in [0.1, 0.15) is 44.5 Å². The lowest BCUT2D eigenvalue weighted by molar-refractivity contribution is 1.13. The Morgan fingerprint density at radius 2 is 0.511 bits per heavy atom. The molecule has 0 saturated carbocycles. The third kappa shape index (κ3) is 8.64. The van der Waals surface area contributed by atoms with E-state index in [4.69, 9.17) is 13.1 Å². The van der Waals surface area contributed by atoms with Crippen molar-refractivity contribution in [3.63, 3.8) is 0 Å². The summed E-state index contributed by atoms with van der Waals surface area (Å²) in [6.07, 6.45) is 7.65. The summed E-state index contributed by atoms with van der Waals surface area (Å²) in [5, 5.41) is 9.80. The predicted molar refractivity (Wildman–Crippen MR) is 367 cm³/mol. The van der Waals surface area contributed by atoms with Crippen molar-refractivity contribution in [1.82, 2.24) is 28.2 Å². The average molecular weight is 1130 g/mol. The van der Waals surface area contributed by atoms with Gasteiger partial charge in [-0.3, -0.25) is 9.97 Å². The first-order valence-electron chi connectivity index (χ1n) is 29.8. The first-order valence-corrected chi connectivity index (χ1v) is 29.8. The minimum Gasteiger partial charge on any atom is -0.310 e. The van der Waals surface area contributed by atoms with E-state index < -0.39 is 0 Å². The van der Waals surface area contributed by atoms with Crippen molar-refractivity contribution in [2.75, 3.05) is 0 Å². The smallest absolute Gasteiger partial charge is 0.189 e. The number of pyridine rings is 2. The molecule has 0 aliphatic rings. The summed E-state index contributed by atoms with van der Waals surface area (Å²) in [5.41, 5.74) is 28.3. The molecular weight excluding hydrogens is 1070 g/mol. The highest BCUT2D eigenvalue weighted by atomic mass is 15.0. The van der Waals surface area contributed by atoms with Gasteiger partial charge in [0.2, 0.25) is 0 Å². The molecule has 0 aliphatic carbocycles. The second-order valence-electron chi connectivity index (χ2n) is 23.9. The van der Waals surface area contributed by atoms with Crippen LogP contribution in [-0.2, 0) is 0 Å². The van der Waals surface area contributed by atoms with Crippen LogP contribution in [-0.4, -0.2) is 28.2 Å². The highest BCUT2D eigenvalue weighted by Crippen LogP contribution is 2.45. The molecule has 0 aliphatic heterocycles. The van der Waals surface area contributed by atoms with Crippen LogP contribution in [0, 0.1) is 68.5 Å². The summed E-state index contributed by atoms with van der Waals surface area (Å²) in [4.78, 5) is 17.0. The van der Waals surface area contributed by atoms with Crippen LogP contribution in [0.5, 0.6) is 0 Å². The quantitative estimate of drug-likeness (QED) is 0.156. The second-order valence-corrected chi connectivity index (χ2v) is 23.9. The molecule has 0 radical (unpaired) electrons. The number of nitrogens with zero attached hydrogens (tertiary/aromatic N) is 8. The van der Waals surface area contributed by atoms with Crippen molar-refractivity contribution in [3.8, 4) is 45.0 Å². The minimum atomic E-state index is 0.604. The number of hydrogen-bond acceptors (Lipinski definition) is 2. The van der Waals surface area contributed by atoms with Crippen LogP contribution in [0.15, 0.2) is 219 Å². The van der Waals surface area contributed by atoms with E-state index in [1.807, 2.05) is 49.1 Å². The molecule has 16 aromatic rings. The molecule has 8 heteroatoms. The van der Waals surface area contributed by atoms with Gasteiger partial charge in [0.15, 0.2) is 11.4 Å². The van der Waals surface area contributed by atoms with Crippen LogP contribution < -0.4 is 0 Å². The van der Waals surface area contributed by atoms with Gasteiger partial charge in [0, 0.05) is 77.9 Å². The third-order valence-corrected chi connectivity index (χ3v) is 17.7. The largest absolute Gasteiger partial charge is 0.310 e. The molecule has 0 amide bonds. The highest BCUT2D eigenvalue weighted by Gasteiger charge is 2.24. The van der Waals surface area contributed by atoms with E-state index in [0.717, 1.165) is 89.1 Å². The number of hydrogen-bond donors (Lipinski definition) is 0. The maximum Gasteiger partial charge on any atom is 0.189 e. The summed E-state index contributed by atoms with van der Waals surface area (Å²) < 4.78 is 9.36. The van der Waals surface area contributed by atoms with Crippen molar-refractivity contribution < 1.29 is 0 Å². The first kappa shape index (κ1) is 53.4. The summed E-state index contributed by atoms with van der Waals surface area (Å²) in [5.74, 6) is 0. The molecule has 88 heavy (non-hydrogen) atoms. The number of benzene rings is 10. The Kier molecular flexibility index (Phi) is 12.6. The lowest BCUT2D eigenvalue weighted by Crippen LogP contribution is -2.02. The zero-order valence-corrected chi connectivity index (χ0v) is 50.4. The van der Waals surface area contributed by atoms with Gasteiger partial charge in [-0.25, -0.2) is 9.69 Å². The Bertz CT molecular complexity index is 5470. The van der Waals surface area contributed by atoms with E-state index in [2.05, 4.69) is 263 Å². The van der Waals surface area contributed by atoms with Gasteiger partial charge in [0.25, 0.3) is 0 Å². The number of rotatable bonds is 6. The molecule has 0 N–H and O–H groups in total. The highest BCUT2D eigenvalue weighted by molar-refractivity contribution is 6.14. The van der Waals surface area contributed by atoms with Gasteiger partial charge in [0.05, 0.1) is 86.7 Å². The van der Waals surface area contributed by atoms with Gasteiger partial charge >= 0.3 is 0 Å². The SMILES string of the molecule is [C-]#[N+]c1ccc(-c2ccncc2-n2c3ccc(C)cc3c3cc(C)ccc32)c(-n2c3ccc(C)cc3c3cc(C)ccc32)c1.[C-]#[N+]c1ccc(-n2c3ccc(C)cc3c3cc(C)ccc32)c(-c2ccncc2-n2c3ccc(C)cc3c3cc(C)ccc32)c1. The van der Waals surface area contributed by atoms with E-state index in [0.29, 0.717) is 11.4 Å². The van der Waals surface area contributed by atoms with Gasteiger partial charge in [-0.2, -0.15) is 0 Å². The normalized spacial score (nSPS) is 11.6. The topological polar surface area (TPSA) is 54.2 Å². The van der Waals surface area contributed by atoms with Gasteiger partial charge < -0.3 is 18.3 Å². The standard InChI is InChI=1S/2C40H30N4/c1-24-6-12-35-31(18-24)32-19-25(2)7-13-36(32)43(35)39-22-28(41-5)10-11-29(39)30-16-17-42-23-40(30)44-37-14-8-26(3)20-33(37)34-21-27(4)9-15-38(34)44;1-24-6-11-35-30(18-24)31-19-25(2)7-12-36(31)43(35)39-15-10-28(41-5)22-34(39)29-16-17-42-23-40(29)44-37-13-8-26(3)20-32(37)33-21-27(4)9-14-38(33)44/h2*6-23H,1-4H3. The van der Waals surface area contributed by atoms with Crippen molar-refractivity contribution in [1.29, 1.82) is 0 Å². The Labute approximate surface area is 510 Å². The third-order valence-electron chi connectivity index (χ3n) is 17.7. The monoisotopic (exact) mass is 1130 g/mol. The molecule has 0 fully saturated rings. The fraction of sp³-hybridized carbons (Fsp3) is 0.100. The molecule has 16 rings (SSSR count). The lowest BCUT2D eigenvalue weighted by atomic mass is 10.0. The van der Waals surface area contributed by atoms with E-state index >= 15 is 0 Å². The van der Waals surface area contributed by atoms with E-state index in [-0.39, 0.29) is 0 Å². The Morgan fingerprint density at radius 3 is 0.830 bits per heavy atom. The van der Waals surface area contributed by atoms with Crippen molar-refractivity contribution >= 4 is 98.6 Å². The summed E-state index contributed by atoms with van der Waals surface area (Å²) in [6, 6.07) is 69.6. The molecular formula is C80H60N8. The molecule has 6 aromatic heterocycles. The van der Waals surface area contributed by atoms with Crippen LogP contribution in [0.4, 0.5) is 11.4 Å². The summed E-state index contributed by atoms with van der Waals surface area (Å²) in [6.45, 7) is 33.0. The van der Waals surface area contributed by atoms with E-state index in [1.54, 1.807) is 0 Å². The molecule has 10 aromatic carbocycles. The average Bonchev–Trinajstić information content (AvgIpc) is 1.67. The Morgan fingerprint density at radius 1 is 0.250 bits per heavy atom. The molecule has 0 saturated heterocycles. The number of aryl methyl sites for hydroxylation is 8. The van der Waals surface area contributed by atoms with Gasteiger partial charge in [0.1, 0.15) is 0 Å². The molecule has 0 spiro atoms. The Balaban J connectivity index is 0.000000148. The lowest BCUT2D eigenvalue weighted by Gasteiger charge is -2.18. The molecule has 420 valence electrons. The van der Waals surface area contributed by atoms with Crippen LogP contribution in [0.2, 0.25) is 0 Å². The number of fused-ring (bicyclic) bond motifs is 12. The fourth-order valence-electron chi connectivity index (χ4n) is 13.6. The van der Waals surface area contributed by atoms with Crippen LogP contribution >= 0.6 is 0 Å².